The molecule has 0 aliphatic heterocycles. The minimum absolute atomic E-state index is 0.0184. The maximum atomic E-state index is 14.1. The lowest BCUT2D eigenvalue weighted by Crippen LogP contribution is -2.13. The second-order valence-electron chi connectivity index (χ2n) is 5.69. The summed E-state index contributed by atoms with van der Waals surface area (Å²) in [7, 11) is 0. The van der Waals surface area contributed by atoms with E-state index in [2.05, 4.69) is 20.6 Å². The highest BCUT2D eigenvalue weighted by Crippen LogP contribution is 2.21. The maximum Gasteiger partial charge on any atom is 0.224 e. The van der Waals surface area contributed by atoms with Crippen LogP contribution in [0.2, 0.25) is 0 Å². The normalized spacial score (nSPS) is 10.7. The van der Waals surface area contributed by atoms with Crippen molar-refractivity contribution in [2.24, 2.45) is 5.92 Å². The van der Waals surface area contributed by atoms with Crippen molar-refractivity contribution in [1.82, 2.24) is 9.97 Å². The van der Waals surface area contributed by atoms with Gasteiger partial charge in [0.15, 0.2) is 11.6 Å². The van der Waals surface area contributed by atoms with Gasteiger partial charge in [-0.05, 0) is 36.6 Å². The van der Waals surface area contributed by atoms with Crippen molar-refractivity contribution in [3.63, 3.8) is 0 Å². The number of benzene rings is 1. The Bertz CT molecular complexity index is 671. The van der Waals surface area contributed by atoms with E-state index in [-0.39, 0.29) is 11.7 Å². The van der Waals surface area contributed by atoms with Crippen LogP contribution in [0.15, 0.2) is 30.6 Å². The number of halogens is 1. The first-order chi connectivity index (χ1) is 11.0. The van der Waals surface area contributed by atoms with E-state index in [1.54, 1.807) is 24.3 Å². The van der Waals surface area contributed by atoms with E-state index in [0.29, 0.717) is 35.8 Å². The first kappa shape index (κ1) is 16.9. The van der Waals surface area contributed by atoms with E-state index in [1.165, 1.54) is 6.33 Å². The van der Waals surface area contributed by atoms with Crippen LogP contribution in [0.3, 0.4) is 0 Å². The molecular weight excluding hydrogens is 295 g/mol. The van der Waals surface area contributed by atoms with E-state index >= 15 is 0 Å². The van der Waals surface area contributed by atoms with Gasteiger partial charge < -0.3 is 10.6 Å². The largest absolute Gasteiger partial charge is 0.338 e. The predicted molar refractivity (Wildman–Crippen MR) is 89.2 cm³/mol. The topological polar surface area (TPSA) is 66.9 Å². The van der Waals surface area contributed by atoms with E-state index in [1.807, 2.05) is 20.8 Å². The molecule has 122 valence electrons. The van der Waals surface area contributed by atoms with E-state index in [9.17, 15) is 9.18 Å². The number of nitrogens with zero attached hydrogens (tertiary/aromatic N) is 2. The smallest absolute Gasteiger partial charge is 0.224 e. The molecule has 0 unspecified atom stereocenters. The number of aromatic nitrogens is 2. The Balaban J connectivity index is 2.04. The molecule has 0 spiro atoms. The Labute approximate surface area is 135 Å². The molecule has 0 saturated heterocycles. The molecule has 23 heavy (non-hydrogen) atoms. The molecule has 5 nitrogen and oxygen atoms in total. The van der Waals surface area contributed by atoms with Gasteiger partial charge in [-0.3, -0.25) is 4.79 Å². The highest BCUT2D eigenvalue weighted by atomic mass is 19.1. The number of amides is 1. The third kappa shape index (κ3) is 4.74. The van der Waals surface area contributed by atoms with Crippen LogP contribution in [0.25, 0.3) is 0 Å². The fraction of sp³-hybridized carbons (Fsp3) is 0.353. The summed E-state index contributed by atoms with van der Waals surface area (Å²) in [6.07, 6.45) is 2.32. The number of carbonyl (C=O) groups is 1. The first-order valence-corrected chi connectivity index (χ1v) is 7.66. The molecular formula is C17H21FN4O. The molecule has 0 saturated carbocycles. The molecule has 1 aromatic carbocycles. The second kappa shape index (κ2) is 7.67. The van der Waals surface area contributed by atoms with Crippen molar-refractivity contribution in [3.05, 3.63) is 42.1 Å². The average Bonchev–Trinajstić information content (AvgIpc) is 2.50. The number of hydrogen-bond acceptors (Lipinski definition) is 4. The highest BCUT2D eigenvalue weighted by Gasteiger charge is 2.10. The Morgan fingerprint density at radius 2 is 1.83 bits per heavy atom. The van der Waals surface area contributed by atoms with Crippen LogP contribution in [0.1, 0.15) is 32.9 Å². The number of aryl methyl sites for hydroxylation is 1. The van der Waals surface area contributed by atoms with Gasteiger partial charge in [0.1, 0.15) is 6.33 Å². The SMILES string of the molecule is CCc1ncnc(Nc2ccc(NC(=O)CC(C)C)cc2)c1F. The molecule has 0 atom stereocenters. The van der Waals surface area contributed by atoms with Gasteiger partial charge in [0.25, 0.3) is 0 Å². The van der Waals surface area contributed by atoms with E-state index in [4.69, 9.17) is 0 Å². The summed E-state index contributed by atoms with van der Waals surface area (Å²) in [6, 6.07) is 7.05. The third-order valence-electron chi connectivity index (χ3n) is 3.22. The zero-order valence-corrected chi connectivity index (χ0v) is 13.6. The summed E-state index contributed by atoms with van der Waals surface area (Å²) < 4.78 is 14.1. The number of carbonyl (C=O) groups excluding carboxylic acids is 1. The third-order valence-corrected chi connectivity index (χ3v) is 3.22. The lowest BCUT2D eigenvalue weighted by molar-refractivity contribution is -0.116. The molecule has 2 N–H and O–H groups in total. The van der Waals surface area contributed by atoms with Crippen molar-refractivity contribution in [2.45, 2.75) is 33.6 Å². The van der Waals surface area contributed by atoms with Crippen LogP contribution in [0.5, 0.6) is 0 Å². The van der Waals surface area contributed by atoms with Crippen LogP contribution in [0.4, 0.5) is 21.6 Å². The molecule has 0 radical (unpaired) electrons. The van der Waals surface area contributed by atoms with Gasteiger partial charge in [0, 0.05) is 17.8 Å². The Hall–Kier alpha value is -2.50. The summed E-state index contributed by atoms with van der Waals surface area (Å²) in [6.45, 7) is 5.82. The molecule has 6 heteroatoms. The molecule has 0 aliphatic rings. The Morgan fingerprint density at radius 1 is 1.17 bits per heavy atom. The standard InChI is InChI=1S/C17H21FN4O/c1-4-14-16(18)17(20-10-19-14)22-13-7-5-12(6-8-13)21-15(23)9-11(2)3/h5-8,10-11H,4,9H2,1-3H3,(H,21,23)(H,19,20,22). The van der Waals surface area contributed by atoms with Crippen LogP contribution in [0, 0.1) is 11.7 Å². The summed E-state index contributed by atoms with van der Waals surface area (Å²) >= 11 is 0. The van der Waals surface area contributed by atoms with Gasteiger partial charge in [-0.25, -0.2) is 14.4 Å². The molecule has 2 aromatic rings. The van der Waals surface area contributed by atoms with Gasteiger partial charge in [-0.15, -0.1) is 0 Å². The number of nitrogens with one attached hydrogen (secondary N) is 2. The van der Waals surface area contributed by atoms with Crippen molar-refractivity contribution in [1.29, 1.82) is 0 Å². The zero-order valence-electron chi connectivity index (χ0n) is 13.6. The number of hydrogen-bond donors (Lipinski definition) is 2. The number of anilines is 3. The van der Waals surface area contributed by atoms with Gasteiger partial charge >= 0.3 is 0 Å². The lowest BCUT2D eigenvalue weighted by atomic mass is 10.1. The molecule has 1 heterocycles. The first-order valence-electron chi connectivity index (χ1n) is 7.66. The fourth-order valence-corrected chi connectivity index (χ4v) is 2.10. The summed E-state index contributed by atoms with van der Waals surface area (Å²) in [5.74, 6) is -0.00246. The Morgan fingerprint density at radius 3 is 2.43 bits per heavy atom. The molecule has 0 aliphatic carbocycles. The highest BCUT2D eigenvalue weighted by molar-refractivity contribution is 5.91. The van der Waals surface area contributed by atoms with Gasteiger partial charge in [-0.1, -0.05) is 20.8 Å². The minimum Gasteiger partial charge on any atom is -0.338 e. The Kier molecular flexibility index (Phi) is 5.62. The van der Waals surface area contributed by atoms with Gasteiger partial charge in [0.05, 0.1) is 5.69 Å². The molecule has 2 rings (SSSR count). The lowest BCUT2D eigenvalue weighted by Gasteiger charge is -2.10. The quantitative estimate of drug-likeness (QED) is 0.848. The van der Waals surface area contributed by atoms with E-state index < -0.39 is 5.82 Å². The molecule has 1 amide bonds. The van der Waals surface area contributed by atoms with Crippen molar-refractivity contribution >= 4 is 23.1 Å². The zero-order chi connectivity index (χ0) is 16.8. The van der Waals surface area contributed by atoms with Crippen LogP contribution < -0.4 is 10.6 Å². The molecule has 0 bridgehead atoms. The van der Waals surface area contributed by atoms with Crippen LogP contribution in [-0.4, -0.2) is 15.9 Å². The summed E-state index contributed by atoms with van der Waals surface area (Å²) in [4.78, 5) is 19.5. The van der Waals surface area contributed by atoms with E-state index in [0.717, 1.165) is 0 Å². The summed E-state index contributed by atoms with van der Waals surface area (Å²) in [5.41, 5.74) is 1.77. The van der Waals surface area contributed by atoms with Gasteiger partial charge in [0.2, 0.25) is 5.91 Å². The summed E-state index contributed by atoms with van der Waals surface area (Å²) in [5, 5.41) is 5.75. The predicted octanol–water partition coefficient (Wildman–Crippen LogP) is 3.91. The monoisotopic (exact) mass is 316 g/mol. The van der Waals surface area contributed by atoms with Crippen LogP contribution >= 0.6 is 0 Å². The van der Waals surface area contributed by atoms with Gasteiger partial charge in [-0.2, -0.15) is 0 Å². The average molecular weight is 316 g/mol. The minimum atomic E-state index is -0.440. The van der Waals surface area contributed by atoms with Crippen molar-refractivity contribution in [2.75, 3.05) is 10.6 Å². The maximum absolute atomic E-state index is 14.1. The fourth-order valence-electron chi connectivity index (χ4n) is 2.10. The van der Waals surface area contributed by atoms with Crippen LogP contribution in [-0.2, 0) is 11.2 Å². The molecule has 0 fully saturated rings. The van der Waals surface area contributed by atoms with Crippen molar-refractivity contribution < 1.29 is 9.18 Å². The van der Waals surface area contributed by atoms with Crippen molar-refractivity contribution in [3.8, 4) is 0 Å². The molecule has 1 aromatic heterocycles. The number of rotatable bonds is 6. The second-order valence-corrected chi connectivity index (χ2v) is 5.69.